The second-order valence-electron chi connectivity index (χ2n) is 4.83. The van der Waals surface area contributed by atoms with Gasteiger partial charge in [-0.05, 0) is 36.2 Å². The van der Waals surface area contributed by atoms with Gasteiger partial charge in [-0.25, -0.2) is 4.79 Å². The standard InChI is InChI=1S/C16H15N3O3/c1-2-11-5-3-6-12(9-11)22-10-14-17-18-15-13(16(20)21)7-4-8-19(14)15/h3-9H,2,10H2,1H3,(H,20,21). The van der Waals surface area contributed by atoms with Crippen LogP contribution < -0.4 is 4.74 Å². The number of carbonyl (C=O) groups is 1. The van der Waals surface area contributed by atoms with Crippen molar-refractivity contribution < 1.29 is 14.6 Å². The van der Waals surface area contributed by atoms with Gasteiger partial charge in [-0.1, -0.05) is 19.1 Å². The highest BCUT2D eigenvalue weighted by Crippen LogP contribution is 2.16. The monoisotopic (exact) mass is 297 g/mol. The van der Waals surface area contributed by atoms with Crippen LogP contribution in [0.5, 0.6) is 5.75 Å². The molecule has 6 nitrogen and oxygen atoms in total. The van der Waals surface area contributed by atoms with Crippen molar-refractivity contribution in [2.45, 2.75) is 20.0 Å². The smallest absolute Gasteiger partial charge is 0.339 e. The summed E-state index contributed by atoms with van der Waals surface area (Å²) in [5.41, 5.74) is 1.63. The average molecular weight is 297 g/mol. The molecule has 0 aliphatic carbocycles. The van der Waals surface area contributed by atoms with Crippen LogP contribution in [0.1, 0.15) is 28.7 Å². The van der Waals surface area contributed by atoms with E-state index < -0.39 is 5.97 Å². The molecule has 0 saturated carbocycles. The molecule has 6 heteroatoms. The third-order valence-electron chi connectivity index (χ3n) is 3.41. The minimum absolute atomic E-state index is 0.120. The van der Waals surface area contributed by atoms with Crippen molar-refractivity contribution in [3.8, 4) is 5.75 Å². The maximum atomic E-state index is 11.2. The maximum Gasteiger partial charge on any atom is 0.339 e. The number of ether oxygens (including phenoxy) is 1. The summed E-state index contributed by atoms with van der Waals surface area (Å²) in [6.07, 6.45) is 2.66. The Morgan fingerprint density at radius 3 is 2.91 bits per heavy atom. The van der Waals surface area contributed by atoms with Gasteiger partial charge in [0.25, 0.3) is 0 Å². The van der Waals surface area contributed by atoms with Crippen LogP contribution in [0.25, 0.3) is 5.65 Å². The second kappa shape index (κ2) is 5.85. The van der Waals surface area contributed by atoms with E-state index in [-0.39, 0.29) is 12.2 Å². The predicted octanol–water partition coefficient (Wildman–Crippen LogP) is 2.57. The number of benzene rings is 1. The molecule has 0 aliphatic rings. The predicted molar refractivity (Wildman–Crippen MR) is 80.1 cm³/mol. The molecule has 0 fully saturated rings. The number of carboxylic acid groups (broad SMARTS) is 1. The van der Waals surface area contributed by atoms with Crippen molar-refractivity contribution in [1.29, 1.82) is 0 Å². The number of carboxylic acids is 1. The molecule has 0 aliphatic heterocycles. The molecule has 0 atom stereocenters. The fraction of sp³-hybridized carbons (Fsp3) is 0.188. The molecule has 1 aromatic carbocycles. The quantitative estimate of drug-likeness (QED) is 0.783. The summed E-state index contributed by atoms with van der Waals surface area (Å²) in [4.78, 5) is 11.2. The first-order valence-electron chi connectivity index (χ1n) is 6.96. The van der Waals surface area contributed by atoms with Crippen LogP contribution >= 0.6 is 0 Å². The van der Waals surface area contributed by atoms with Gasteiger partial charge in [0, 0.05) is 6.20 Å². The average Bonchev–Trinajstić information content (AvgIpc) is 2.96. The molecular weight excluding hydrogens is 282 g/mol. The summed E-state index contributed by atoms with van der Waals surface area (Å²) < 4.78 is 7.36. The molecule has 112 valence electrons. The van der Waals surface area contributed by atoms with E-state index in [2.05, 4.69) is 17.1 Å². The Balaban J connectivity index is 1.85. The number of pyridine rings is 1. The normalized spacial score (nSPS) is 10.8. The van der Waals surface area contributed by atoms with Crippen molar-refractivity contribution in [1.82, 2.24) is 14.6 Å². The van der Waals surface area contributed by atoms with E-state index in [1.807, 2.05) is 24.3 Å². The minimum Gasteiger partial charge on any atom is -0.486 e. The number of hydrogen-bond acceptors (Lipinski definition) is 4. The molecule has 2 aromatic heterocycles. The van der Waals surface area contributed by atoms with Crippen LogP contribution in [-0.2, 0) is 13.0 Å². The third-order valence-corrected chi connectivity index (χ3v) is 3.41. The molecule has 0 unspecified atom stereocenters. The van der Waals surface area contributed by atoms with Crippen LogP contribution in [0.15, 0.2) is 42.6 Å². The highest BCUT2D eigenvalue weighted by atomic mass is 16.5. The molecule has 0 saturated heterocycles. The first-order valence-corrected chi connectivity index (χ1v) is 6.96. The van der Waals surface area contributed by atoms with Crippen molar-refractivity contribution >= 4 is 11.6 Å². The van der Waals surface area contributed by atoms with Gasteiger partial charge >= 0.3 is 5.97 Å². The van der Waals surface area contributed by atoms with Crippen LogP contribution in [-0.4, -0.2) is 25.7 Å². The van der Waals surface area contributed by atoms with Crippen molar-refractivity contribution in [3.63, 3.8) is 0 Å². The number of aryl methyl sites for hydroxylation is 1. The Labute approximate surface area is 127 Å². The maximum absolute atomic E-state index is 11.2. The Morgan fingerprint density at radius 2 is 2.14 bits per heavy atom. The molecule has 1 N–H and O–H groups in total. The first kappa shape index (κ1) is 14.1. The van der Waals surface area contributed by atoms with Gasteiger partial charge in [0.05, 0.1) is 0 Å². The molecule has 0 bridgehead atoms. The van der Waals surface area contributed by atoms with Crippen molar-refractivity contribution in [2.24, 2.45) is 0 Å². The van der Waals surface area contributed by atoms with Crippen LogP contribution in [0.4, 0.5) is 0 Å². The molecular formula is C16H15N3O3. The third kappa shape index (κ3) is 2.63. The number of fused-ring (bicyclic) bond motifs is 1. The summed E-state index contributed by atoms with van der Waals surface area (Å²) in [6, 6.07) is 11.0. The minimum atomic E-state index is -1.03. The van der Waals surface area contributed by atoms with E-state index in [0.717, 1.165) is 12.2 Å². The van der Waals surface area contributed by atoms with Gasteiger partial charge < -0.3 is 9.84 Å². The van der Waals surface area contributed by atoms with E-state index in [1.54, 1.807) is 16.7 Å². The molecule has 2 heterocycles. The largest absolute Gasteiger partial charge is 0.486 e. The molecule has 0 amide bonds. The lowest BCUT2D eigenvalue weighted by Gasteiger charge is -2.06. The van der Waals surface area contributed by atoms with Crippen LogP contribution in [0, 0.1) is 0 Å². The highest BCUT2D eigenvalue weighted by molar-refractivity contribution is 5.94. The zero-order valence-corrected chi connectivity index (χ0v) is 12.1. The van der Waals surface area contributed by atoms with Gasteiger partial charge in [0.15, 0.2) is 11.5 Å². The second-order valence-corrected chi connectivity index (χ2v) is 4.83. The lowest BCUT2D eigenvalue weighted by molar-refractivity contribution is 0.0698. The Bertz CT molecular complexity index is 826. The van der Waals surface area contributed by atoms with E-state index in [0.29, 0.717) is 11.5 Å². The Hall–Kier alpha value is -2.89. The van der Waals surface area contributed by atoms with Gasteiger partial charge in [0.1, 0.15) is 17.9 Å². The van der Waals surface area contributed by atoms with E-state index in [4.69, 9.17) is 9.84 Å². The Morgan fingerprint density at radius 1 is 1.27 bits per heavy atom. The number of aromatic nitrogens is 3. The molecule has 3 aromatic rings. The number of rotatable bonds is 5. The van der Waals surface area contributed by atoms with E-state index >= 15 is 0 Å². The summed E-state index contributed by atoms with van der Waals surface area (Å²) in [5, 5.41) is 17.1. The summed E-state index contributed by atoms with van der Waals surface area (Å²) in [6.45, 7) is 2.30. The van der Waals surface area contributed by atoms with E-state index in [1.165, 1.54) is 11.6 Å². The number of hydrogen-bond donors (Lipinski definition) is 1. The van der Waals surface area contributed by atoms with Crippen LogP contribution in [0.2, 0.25) is 0 Å². The van der Waals surface area contributed by atoms with Crippen LogP contribution in [0.3, 0.4) is 0 Å². The molecule has 3 rings (SSSR count). The lowest BCUT2D eigenvalue weighted by Crippen LogP contribution is -2.04. The van der Waals surface area contributed by atoms with Crippen molar-refractivity contribution in [2.75, 3.05) is 0 Å². The van der Waals surface area contributed by atoms with Gasteiger partial charge in [-0.15, -0.1) is 10.2 Å². The van der Waals surface area contributed by atoms with E-state index in [9.17, 15) is 4.79 Å². The van der Waals surface area contributed by atoms with Crippen molar-refractivity contribution in [3.05, 3.63) is 59.5 Å². The zero-order chi connectivity index (χ0) is 15.5. The molecule has 0 radical (unpaired) electrons. The lowest BCUT2D eigenvalue weighted by atomic mass is 10.2. The topological polar surface area (TPSA) is 76.7 Å². The fourth-order valence-electron chi connectivity index (χ4n) is 2.23. The summed E-state index contributed by atoms with van der Waals surface area (Å²) >= 11 is 0. The van der Waals surface area contributed by atoms with Gasteiger partial charge in [-0.3, -0.25) is 4.40 Å². The zero-order valence-electron chi connectivity index (χ0n) is 12.1. The number of aromatic carboxylic acids is 1. The van der Waals surface area contributed by atoms with Gasteiger partial charge in [0.2, 0.25) is 0 Å². The summed E-state index contributed by atoms with van der Waals surface area (Å²) in [7, 11) is 0. The Kier molecular flexibility index (Phi) is 3.74. The molecule has 22 heavy (non-hydrogen) atoms. The SMILES string of the molecule is CCc1cccc(OCc2nnc3c(C(=O)O)cccn23)c1. The highest BCUT2D eigenvalue weighted by Gasteiger charge is 2.14. The first-order chi connectivity index (χ1) is 10.7. The fourth-order valence-corrected chi connectivity index (χ4v) is 2.23. The number of nitrogens with zero attached hydrogens (tertiary/aromatic N) is 3. The van der Waals surface area contributed by atoms with Gasteiger partial charge in [-0.2, -0.15) is 0 Å². The molecule has 0 spiro atoms. The summed E-state index contributed by atoms with van der Waals surface area (Å²) in [5.74, 6) is 0.284.